The Morgan fingerprint density at radius 3 is 1.75 bits per heavy atom. The summed E-state index contributed by atoms with van der Waals surface area (Å²) in [6, 6.07) is 29.7. The van der Waals surface area contributed by atoms with Gasteiger partial charge in [-0.1, -0.05) is 91.0 Å². The number of hydrogen-bond acceptors (Lipinski definition) is 5. The molecule has 0 bridgehead atoms. The van der Waals surface area contributed by atoms with Gasteiger partial charge in [0.1, 0.15) is 6.10 Å². The summed E-state index contributed by atoms with van der Waals surface area (Å²) in [5.41, 5.74) is 3.14. The van der Waals surface area contributed by atoms with Crippen molar-refractivity contribution in [3.63, 3.8) is 0 Å². The van der Waals surface area contributed by atoms with Crippen LogP contribution >= 0.6 is 0 Å². The molecule has 0 amide bonds. The Labute approximate surface area is 188 Å². The van der Waals surface area contributed by atoms with Gasteiger partial charge in [0.15, 0.2) is 12.2 Å². The zero-order valence-corrected chi connectivity index (χ0v) is 18.0. The van der Waals surface area contributed by atoms with Gasteiger partial charge in [-0.05, 0) is 16.7 Å². The highest BCUT2D eigenvalue weighted by atomic mass is 16.6. The number of esters is 1. The fourth-order valence-corrected chi connectivity index (χ4v) is 3.63. The van der Waals surface area contributed by atoms with Crippen LogP contribution in [0.15, 0.2) is 91.0 Å². The Hall–Kier alpha value is -2.99. The summed E-state index contributed by atoms with van der Waals surface area (Å²) in [6.07, 6.45) is -1.03. The Morgan fingerprint density at radius 1 is 0.688 bits per heavy atom. The van der Waals surface area contributed by atoms with Crippen LogP contribution in [0.4, 0.5) is 0 Å². The van der Waals surface area contributed by atoms with Crippen LogP contribution in [0.25, 0.3) is 0 Å². The molecule has 0 spiro atoms. The van der Waals surface area contributed by atoms with E-state index in [0.717, 1.165) is 16.7 Å². The second-order valence-corrected chi connectivity index (χ2v) is 7.83. The Morgan fingerprint density at radius 2 is 1.19 bits per heavy atom. The standard InChI is InChI=1S/C27H28O5/c28-27-25(31-19-23-14-8-3-9-15-23)16-24(30-18-22-12-6-2-7-13-22)26(32-27)20-29-17-21-10-4-1-5-11-21/h1-15,24-26H,16-20H2/t24-,25+,26+/m0/s1. The summed E-state index contributed by atoms with van der Waals surface area (Å²) < 4.78 is 23.6. The maximum absolute atomic E-state index is 12.6. The lowest BCUT2D eigenvalue weighted by atomic mass is 10.0. The molecule has 0 aliphatic carbocycles. The van der Waals surface area contributed by atoms with E-state index in [-0.39, 0.29) is 18.7 Å². The number of hydrogen-bond donors (Lipinski definition) is 0. The van der Waals surface area contributed by atoms with Crippen molar-refractivity contribution in [1.82, 2.24) is 0 Å². The van der Waals surface area contributed by atoms with Crippen LogP contribution in [-0.4, -0.2) is 30.9 Å². The Balaban J connectivity index is 1.36. The van der Waals surface area contributed by atoms with E-state index >= 15 is 0 Å². The first kappa shape index (κ1) is 22.2. The van der Waals surface area contributed by atoms with Crippen molar-refractivity contribution in [1.29, 1.82) is 0 Å². The van der Waals surface area contributed by atoms with Gasteiger partial charge in [0.2, 0.25) is 0 Å². The molecular formula is C27H28O5. The molecule has 166 valence electrons. The van der Waals surface area contributed by atoms with Crippen molar-refractivity contribution < 1.29 is 23.7 Å². The third-order valence-electron chi connectivity index (χ3n) is 5.39. The number of ether oxygens (including phenoxy) is 4. The number of carbonyl (C=O) groups is 1. The molecule has 1 fully saturated rings. The maximum Gasteiger partial charge on any atom is 0.335 e. The van der Waals surface area contributed by atoms with Crippen molar-refractivity contribution >= 4 is 5.97 Å². The molecule has 1 heterocycles. The second kappa shape index (κ2) is 11.6. The lowest BCUT2D eigenvalue weighted by Crippen LogP contribution is -2.48. The van der Waals surface area contributed by atoms with Crippen molar-refractivity contribution in [2.75, 3.05) is 6.61 Å². The molecule has 5 nitrogen and oxygen atoms in total. The van der Waals surface area contributed by atoms with Gasteiger partial charge in [0.25, 0.3) is 0 Å². The number of rotatable bonds is 10. The van der Waals surface area contributed by atoms with E-state index < -0.39 is 12.2 Å². The molecule has 0 unspecified atom stereocenters. The largest absolute Gasteiger partial charge is 0.455 e. The molecule has 3 aromatic carbocycles. The van der Waals surface area contributed by atoms with Gasteiger partial charge in [0, 0.05) is 6.42 Å². The van der Waals surface area contributed by atoms with Crippen LogP contribution < -0.4 is 0 Å². The van der Waals surface area contributed by atoms with Crippen LogP contribution in [0.3, 0.4) is 0 Å². The maximum atomic E-state index is 12.6. The molecule has 0 N–H and O–H groups in total. The smallest absolute Gasteiger partial charge is 0.335 e. The summed E-state index contributed by atoms with van der Waals surface area (Å²) in [6.45, 7) is 1.50. The minimum atomic E-state index is -0.665. The van der Waals surface area contributed by atoms with Crippen LogP contribution in [-0.2, 0) is 43.6 Å². The summed E-state index contributed by atoms with van der Waals surface area (Å²) in [5.74, 6) is -0.367. The molecule has 1 saturated heterocycles. The number of benzene rings is 3. The van der Waals surface area contributed by atoms with Crippen molar-refractivity contribution in [3.05, 3.63) is 108 Å². The van der Waals surface area contributed by atoms with Gasteiger partial charge >= 0.3 is 5.97 Å². The lowest BCUT2D eigenvalue weighted by Gasteiger charge is -2.35. The molecule has 1 aliphatic rings. The van der Waals surface area contributed by atoms with E-state index in [2.05, 4.69) is 0 Å². The van der Waals surface area contributed by atoms with Crippen LogP contribution in [0, 0.1) is 0 Å². The first-order valence-electron chi connectivity index (χ1n) is 10.9. The highest BCUT2D eigenvalue weighted by molar-refractivity contribution is 5.75. The van der Waals surface area contributed by atoms with E-state index in [4.69, 9.17) is 18.9 Å². The van der Waals surface area contributed by atoms with Gasteiger partial charge < -0.3 is 18.9 Å². The predicted octanol–water partition coefficient (Wildman–Crippen LogP) is 4.69. The summed E-state index contributed by atoms with van der Waals surface area (Å²) in [7, 11) is 0. The topological polar surface area (TPSA) is 54.0 Å². The van der Waals surface area contributed by atoms with Crippen LogP contribution in [0.5, 0.6) is 0 Å². The van der Waals surface area contributed by atoms with Gasteiger partial charge in [0.05, 0.1) is 26.4 Å². The zero-order chi connectivity index (χ0) is 22.0. The fraction of sp³-hybridized carbons (Fsp3) is 0.296. The predicted molar refractivity (Wildman–Crippen MR) is 121 cm³/mol. The zero-order valence-electron chi connectivity index (χ0n) is 18.0. The average Bonchev–Trinajstić information content (AvgIpc) is 2.85. The van der Waals surface area contributed by atoms with Gasteiger partial charge in [-0.25, -0.2) is 4.79 Å². The van der Waals surface area contributed by atoms with Crippen molar-refractivity contribution in [2.24, 2.45) is 0 Å². The third kappa shape index (κ3) is 6.50. The molecule has 0 aromatic heterocycles. The molecule has 0 saturated carbocycles. The first-order chi connectivity index (χ1) is 15.8. The van der Waals surface area contributed by atoms with E-state index in [1.165, 1.54) is 0 Å². The summed E-state index contributed by atoms with van der Waals surface area (Å²) >= 11 is 0. The van der Waals surface area contributed by atoms with Crippen molar-refractivity contribution in [2.45, 2.75) is 44.6 Å². The quantitative estimate of drug-likeness (QED) is 0.435. The third-order valence-corrected chi connectivity index (χ3v) is 5.39. The first-order valence-corrected chi connectivity index (χ1v) is 10.9. The fourth-order valence-electron chi connectivity index (χ4n) is 3.63. The molecule has 1 aliphatic heterocycles. The summed E-state index contributed by atoms with van der Waals surface area (Å²) in [4.78, 5) is 12.6. The van der Waals surface area contributed by atoms with E-state index in [1.807, 2.05) is 91.0 Å². The van der Waals surface area contributed by atoms with E-state index in [1.54, 1.807) is 0 Å². The van der Waals surface area contributed by atoms with Crippen LogP contribution in [0.1, 0.15) is 23.1 Å². The Bertz CT molecular complexity index is 946. The molecule has 3 aromatic rings. The van der Waals surface area contributed by atoms with Crippen LogP contribution in [0.2, 0.25) is 0 Å². The monoisotopic (exact) mass is 432 g/mol. The van der Waals surface area contributed by atoms with Gasteiger partial charge in [-0.2, -0.15) is 0 Å². The highest BCUT2D eigenvalue weighted by Crippen LogP contribution is 2.24. The second-order valence-electron chi connectivity index (χ2n) is 7.83. The minimum Gasteiger partial charge on any atom is -0.455 e. The lowest BCUT2D eigenvalue weighted by molar-refractivity contribution is -0.199. The van der Waals surface area contributed by atoms with Crippen molar-refractivity contribution in [3.8, 4) is 0 Å². The number of cyclic esters (lactones) is 1. The highest BCUT2D eigenvalue weighted by Gasteiger charge is 2.39. The molecule has 3 atom stereocenters. The van der Waals surface area contributed by atoms with Gasteiger partial charge in [-0.15, -0.1) is 0 Å². The molecule has 4 rings (SSSR count). The molecule has 5 heteroatoms. The molecular weight excluding hydrogens is 404 g/mol. The minimum absolute atomic E-state index is 0.269. The molecule has 32 heavy (non-hydrogen) atoms. The molecule has 0 radical (unpaired) electrons. The van der Waals surface area contributed by atoms with Gasteiger partial charge in [-0.3, -0.25) is 0 Å². The average molecular weight is 433 g/mol. The normalized spacial score (nSPS) is 20.6. The number of carbonyl (C=O) groups excluding carboxylic acids is 1. The SMILES string of the molecule is O=C1O[C@H](COCc2ccccc2)[C@@H](OCc2ccccc2)C[C@H]1OCc1ccccc1. The summed E-state index contributed by atoms with van der Waals surface area (Å²) in [5, 5.41) is 0. The van der Waals surface area contributed by atoms with E-state index in [9.17, 15) is 4.79 Å². The Kier molecular flexibility index (Phi) is 8.04. The van der Waals surface area contributed by atoms with E-state index in [0.29, 0.717) is 26.2 Å².